The fourth-order valence-corrected chi connectivity index (χ4v) is 3.45. The van der Waals surface area contributed by atoms with E-state index in [1.807, 2.05) is 0 Å². The van der Waals surface area contributed by atoms with Crippen molar-refractivity contribution in [3.8, 4) is 0 Å². The molecule has 2 amide bonds. The average Bonchev–Trinajstić information content (AvgIpc) is 2.94. The molecule has 0 bridgehead atoms. The highest BCUT2D eigenvalue weighted by Gasteiger charge is 2.36. The first-order valence-electron chi connectivity index (χ1n) is 8.13. The first-order valence-corrected chi connectivity index (χ1v) is 8.13. The van der Waals surface area contributed by atoms with Gasteiger partial charge < -0.3 is 15.3 Å². The molecular weight excluding hydrogens is 318 g/mol. The molecule has 0 radical (unpaired) electrons. The molecule has 2 aliphatic heterocycles. The number of nitrogens with zero attached hydrogens (tertiary/aromatic N) is 1. The van der Waals surface area contributed by atoms with E-state index in [0.29, 0.717) is 31.4 Å². The highest BCUT2D eigenvalue weighted by atomic mass is 19.2. The minimum atomic E-state index is -0.962. The van der Waals surface area contributed by atoms with E-state index in [-0.39, 0.29) is 30.7 Å². The second-order valence-corrected chi connectivity index (χ2v) is 6.54. The van der Waals surface area contributed by atoms with Gasteiger partial charge in [0.05, 0.1) is 12.1 Å². The van der Waals surface area contributed by atoms with E-state index in [9.17, 15) is 23.5 Å². The van der Waals surface area contributed by atoms with Crippen LogP contribution in [-0.4, -0.2) is 41.0 Å². The molecule has 1 aromatic rings. The molecule has 5 nitrogen and oxygen atoms in total. The van der Waals surface area contributed by atoms with Crippen LogP contribution in [0.25, 0.3) is 0 Å². The first kappa shape index (κ1) is 16.8. The standard InChI is InChI=1S/C17H20F2N2O3/c18-13-3-2-11(6-14(13)19)15-7-12(22)9-21(15)17(24)5-10-1-4-16(23)20-8-10/h2-3,6,10,12,15,22H,1,4-5,7-9H2,(H,20,23). The quantitative estimate of drug-likeness (QED) is 0.878. The monoisotopic (exact) mass is 338 g/mol. The Kier molecular flexibility index (Phi) is 4.80. The summed E-state index contributed by atoms with van der Waals surface area (Å²) in [7, 11) is 0. The van der Waals surface area contributed by atoms with Crippen molar-refractivity contribution in [1.29, 1.82) is 0 Å². The van der Waals surface area contributed by atoms with Crippen molar-refractivity contribution in [3.05, 3.63) is 35.4 Å². The number of aliphatic hydroxyl groups is 1. The third-order valence-electron chi connectivity index (χ3n) is 4.76. The van der Waals surface area contributed by atoms with E-state index in [1.54, 1.807) is 0 Å². The lowest BCUT2D eigenvalue weighted by atomic mass is 9.94. The summed E-state index contributed by atoms with van der Waals surface area (Å²) >= 11 is 0. The number of hydrogen-bond acceptors (Lipinski definition) is 3. The molecule has 2 heterocycles. The SMILES string of the molecule is O=C1CCC(CC(=O)N2CC(O)CC2c2ccc(F)c(F)c2)CN1. The Morgan fingerprint density at radius 3 is 2.79 bits per heavy atom. The van der Waals surface area contributed by atoms with Crippen LogP contribution in [0.1, 0.15) is 37.3 Å². The van der Waals surface area contributed by atoms with Crippen LogP contribution in [-0.2, 0) is 9.59 Å². The van der Waals surface area contributed by atoms with E-state index in [1.165, 1.54) is 11.0 Å². The van der Waals surface area contributed by atoms with Gasteiger partial charge in [0.25, 0.3) is 0 Å². The number of piperidine rings is 1. The lowest BCUT2D eigenvalue weighted by molar-refractivity contribution is -0.134. The summed E-state index contributed by atoms with van der Waals surface area (Å²) in [5.41, 5.74) is 0.482. The van der Waals surface area contributed by atoms with Gasteiger partial charge in [0.1, 0.15) is 0 Å². The Morgan fingerprint density at radius 2 is 2.12 bits per heavy atom. The minimum absolute atomic E-state index is 0.00467. The van der Waals surface area contributed by atoms with Crippen molar-refractivity contribution in [2.24, 2.45) is 5.92 Å². The Balaban J connectivity index is 1.71. The van der Waals surface area contributed by atoms with Gasteiger partial charge in [0.15, 0.2) is 11.6 Å². The number of carbonyl (C=O) groups is 2. The number of benzene rings is 1. The molecule has 3 rings (SSSR count). The molecule has 1 aromatic carbocycles. The molecule has 24 heavy (non-hydrogen) atoms. The van der Waals surface area contributed by atoms with E-state index in [0.717, 1.165) is 12.1 Å². The van der Waals surface area contributed by atoms with Gasteiger partial charge in [-0.05, 0) is 36.5 Å². The summed E-state index contributed by atoms with van der Waals surface area (Å²) in [6.07, 6.45) is 0.959. The largest absolute Gasteiger partial charge is 0.391 e. The van der Waals surface area contributed by atoms with Gasteiger partial charge in [-0.15, -0.1) is 0 Å². The van der Waals surface area contributed by atoms with Gasteiger partial charge in [-0.25, -0.2) is 8.78 Å². The van der Waals surface area contributed by atoms with Gasteiger partial charge in [-0.3, -0.25) is 9.59 Å². The number of rotatable bonds is 3. The zero-order valence-corrected chi connectivity index (χ0v) is 13.2. The van der Waals surface area contributed by atoms with Crippen LogP contribution in [0.15, 0.2) is 18.2 Å². The topological polar surface area (TPSA) is 69.6 Å². The second kappa shape index (κ2) is 6.84. The van der Waals surface area contributed by atoms with Crippen LogP contribution in [0.2, 0.25) is 0 Å². The maximum absolute atomic E-state index is 13.5. The Hall–Kier alpha value is -2.02. The van der Waals surface area contributed by atoms with Gasteiger partial charge in [-0.1, -0.05) is 6.07 Å². The number of β-amino-alcohol motifs (C(OH)–C–C–N with tert-alkyl or cyclic N) is 1. The van der Waals surface area contributed by atoms with Gasteiger partial charge in [0, 0.05) is 25.9 Å². The molecule has 0 aliphatic carbocycles. The van der Waals surface area contributed by atoms with Crippen molar-refractivity contribution in [2.75, 3.05) is 13.1 Å². The van der Waals surface area contributed by atoms with E-state index in [2.05, 4.69) is 5.32 Å². The fraction of sp³-hybridized carbons (Fsp3) is 0.529. The fourth-order valence-electron chi connectivity index (χ4n) is 3.45. The molecule has 130 valence electrons. The van der Waals surface area contributed by atoms with Crippen LogP contribution in [0.5, 0.6) is 0 Å². The molecule has 0 saturated carbocycles. The van der Waals surface area contributed by atoms with Gasteiger partial charge in [0.2, 0.25) is 11.8 Å². The minimum Gasteiger partial charge on any atom is -0.391 e. The third kappa shape index (κ3) is 3.56. The predicted molar refractivity (Wildman–Crippen MR) is 81.8 cm³/mol. The third-order valence-corrected chi connectivity index (χ3v) is 4.76. The molecule has 2 N–H and O–H groups in total. The van der Waals surface area contributed by atoms with Gasteiger partial charge >= 0.3 is 0 Å². The normalized spacial score (nSPS) is 27.2. The van der Waals surface area contributed by atoms with Crippen molar-refractivity contribution < 1.29 is 23.5 Å². The molecule has 3 unspecified atom stereocenters. The molecule has 0 aromatic heterocycles. The Bertz CT molecular complexity index is 643. The number of likely N-dealkylation sites (tertiary alicyclic amines) is 1. The zero-order chi connectivity index (χ0) is 17.3. The maximum atomic E-state index is 13.5. The highest BCUT2D eigenvalue weighted by Crippen LogP contribution is 2.34. The average molecular weight is 338 g/mol. The number of carbonyl (C=O) groups excluding carboxylic acids is 2. The number of halogens is 2. The van der Waals surface area contributed by atoms with Gasteiger partial charge in [-0.2, -0.15) is 0 Å². The van der Waals surface area contributed by atoms with Crippen molar-refractivity contribution >= 4 is 11.8 Å². The van der Waals surface area contributed by atoms with Crippen LogP contribution in [0.3, 0.4) is 0 Å². The van der Waals surface area contributed by atoms with Crippen molar-refractivity contribution in [2.45, 2.75) is 37.8 Å². The summed E-state index contributed by atoms with van der Waals surface area (Å²) in [5.74, 6) is -1.97. The molecule has 0 spiro atoms. The van der Waals surface area contributed by atoms with Crippen LogP contribution < -0.4 is 5.32 Å². The smallest absolute Gasteiger partial charge is 0.223 e. The summed E-state index contributed by atoms with van der Waals surface area (Å²) in [6, 6.07) is 3.11. The molecule has 7 heteroatoms. The molecule has 2 saturated heterocycles. The van der Waals surface area contributed by atoms with E-state index >= 15 is 0 Å². The van der Waals surface area contributed by atoms with Crippen LogP contribution >= 0.6 is 0 Å². The lowest BCUT2D eigenvalue weighted by Gasteiger charge is -2.28. The molecule has 2 aliphatic rings. The molecular formula is C17H20F2N2O3. The second-order valence-electron chi connectivity index (χ2n) is 6.54. The van der Waals surface area contributed by atoms with Crippen LogP contribution in [0.4, 0.5) is 8.78 Å². The predicted octanol–water partition coefficient (Wildman–Crippen LogP) is 1.52. The van der Waals surface area contributed by atoms with E-state index < -0.39 is 23.8 Å². The summed E-state index contributed by atoms with van der Waals surface area (Å²) in [5, 5.41) is 12.7. The number of nitrogens with one attached hydrogen (secondary N) is 1. The summed E-state index contributed by atoms with van der Waals surface area (Å²) in [6.45, 7) is 0.651. The number of hydrogen-bond donors (Lipinski definition) is 2. The van der Waals surface area contributed by atoms with Crippen molar-refractivity contribution in [1.82, 2.24) is 10.2 Å². The molecule has 3 atom stereocenters. The van der Waals surface area contributed by atoms with Crippen LogP contribution in [0, 0.1) is 17.6 Å². The zero-order valence-electron chi connectivity index (χ0n) is 13.2. The number of amides is 2. The number of aliphatic hydroxyl groups excluding tert-OH is 1. The Labute approximate surface area is 138 Å². The summed E-state index contributed by atoms with van der Waals surface area (Å²) in [4.78, 5) is 25.3. The lowest BCUT2D eigenvalue weighted by Crippen LogP contribution is -2.39. The highest BCUT2D eigenvalue weighted by molar-refractivity contribution is 5.79. The maximum Gasteiger partial charge on any atom is 0.223 e. The first-order chi connectivity index (χ1) is 11.4. The summed E-state index contributed by atoms with van der Waals surface area (Å²) < 4.78 is 26.6. The Morgan fingerprint density at radius 1 is 1.33 bits per heavy atom. The van der Waals surface area contributed by atoms with E-state index in [4.69, 9.17) is 0 Å². The molecule has 2 fully saturated rings. The van der Waals surface area contributed by atoms with Crippen molar-refractivity contribution in [3.63, 3.8) is 0 Å².